The number of piperidine rings is 1. The van der Waals surface area contributed by atoms with Gasteiger partial charge in [-0.25, -0.2) is 0 Å². The fourth-order valence-electron chi connectivity index (χ4n) is 3.34. The van der Waals surface area contributed by atoms with Gasteiger partial charge in [-0.15, -0.1) is 0 Å². The molecule has 2 aliphatic rings. The molecule has 0 radical (unpaired) electrons. The summed E-state index contributed by atoms with van der Waals surface area (Å²) in [5.74, 6) is 2.11. The van der Waals surface area contributed by atoms with Gasteiger partial charge in [-0.05, 0) is 37.6 Å². The highest BCUT2D eigenvalue weighted by Gasteiger charge is 2.32. The fourth-order valence-corrected chi connectivity index (χ4v) is 3.34. The molecular weight excluding hydrogens is 248 g/mol. The predicted octanol–water partition coefficient (Wildman–Crippen LogP) is 3.05. The average Bonchev–Trinajstić information content (AvgIpc) is 3.20. The van der Waals surface area contributed by atoms with Crippen LogP contribution in [0.1, 0.15) is 59.3 Å². The van der Waals surface area contributed by atoms with E-state index in [4.69, 9.17) is 0 Å². The van der Waals surface area contributed by atoms with Gasteiger partial charge in [-0.3, -0.25) is 4.79 Å². The topological polar surface area (TPSA) is 32.3 Å². The van der Waals surface area contributed by atoms with Crippen LogP contribution in [0.3, 0.4) is 0 Å². The summed E-state index contributed by atoms with van der Waals surface area (Å²) in [7, 11) is 0. The summed E-state index contributed by atoms with van der Waals surface area (Å²) in [6.45, 7) is 9.73. The lowest BCUT2D eigenvalue weighted by molar-refractivity contribution is -0.125. The van der Waals surface area contributed by atoms with E-state index in [0.717, 1.165) is 18.4 Å². The molecule has 2 atom stereocenters. The molecule has 3 heteroatoms. The first kappa shape index (κ1) is 15.8. The highest BCUT2D eigenvalue weighted by atomic mass is 16.1. The second-order valence-electron chi connectivity index (χ2n) is 7.25. The monoisotopic (exact) mass is 280 g/mol. The Morgan fingerprint density at radius 1 is 1.25 bits per heavy atom. The van der Waals surface area contributed by atoms with Gasteiger partial charge in [0, 0.05) is 25.0 Å². The van der Waals surface area contributed by atoms with Crippen molar-refractivity contribution in [3.05, 3.63) is 0 Å². The predicted molar refractivity (Wildman–Crippen MR) is 83.6 cm³/mol. The molecule has 20 heavy (non-hydrogen) atoms. The minimum absolute atomic E-state index is 0.0999. The number of carbonyl (C=O) groups is 1. The van der Waals surface area contributed by atoms with Crippen molar-refractivity contribution in [2.75, 3.05) is 19.6 Å². The van der Waals surface area contributed by atoms with E-state index in [-0.39, 0.29) is 11.8 Å². The second kappa shape index (κ2) is 7.44. The van der Waals surface area contributed by atoms with Gasteiger partial charge in [0.1, 0.15) is 0 Å². The average molecular weight is 280 g/mol. The van der Waals surface area contributed by atoms with Crippen molar-refractivity contribution in [2.24, 2.45) is 17.8 Å². The summed E-state index contributed by atoms with van der Waals surface area (Å²) in [6.07, 6.45) is 7.99. The van der Waals surface area contributed by atoms with E-state index >= 15 is 0 Å². The molecule has 0 aromatic heterocycles. The molecule has 0 aromatic carbocycles. The van der Waals surface area contributed by atoms with Crippen LogP contribution in [0.4, 0.5) is 0 Å². The molecule has 3 nitrogen and oxygen atoms in total. The van der Waals surface area contributed by atoms with Crippen LogP contribution in [-0.2, 0) is 4.79 Å². The molecule has 1 N–H and O–H groups in total. The van der Waals surface area contributed by atoms with E-state index in [1.165, 1.54) is 51.6 Å². The highest BCUT2D eigenvalue weighted by molar-refractivity contribution is 5.78. The quantitative estimate of drug-likeness (QED) is 0.777. The number of hydrogen-bond donors (Lipinski definition) is 1. The standard InChI is InChI=1S/C17H32N2O/c1-4-5-8-19-11-15(9-14-6-7-14)10-16(12-19)18-17(20)13(2)3/h13-16H,4-12H2,1-3H3,(H,18,20). The Hall–Kier alpha value is -0.570. The van der Waals surface area contributed by atoms with Gasteiger partial charge < -0.3 is 10.2 Å². The molecule has 2 rings (SSSR count). The fraction of sp³-hybridized carbons (Fsp3) is 0.941. The SMILES string of the molecule is CCCCN1CC(CC2CC2)CC(NC(=O)C(C)C)C1. The lowest BCUT2D eigenvalue weighted by atomic mass is 9.89. The molecule has 1 aliphatic heterocycles. The maximum atomic E-state index is 11.9. The first-order chi connectivity index (χ1) is 9.58. The Kier molecular flexibility index (Phi) is 5.88. The van der Waals surface area contributed by atoms with Crippen molar-refractivity contribution in [3.8, 4) is 0 Å². The Morgan fingerprint density at radius 2 is 2.00 bits per heavy atom. The van der Waals surface area contributed by atoms with Crippen molar-refractivity contribution < 1.29 is 4.79 Å². The number of unbranched alkanes of at least 4 members (excludes halogenated alkanes) is 1. The van der Waals surface area contributed by atoms with Gasteiger partial charge in [0.2, 0.25) is 5.91 Å². The summed E-state index contributed by atoms with van der Waals surface area (Å²) in [5.41, 5.74) is 0. The number of amides is 1. The van der Waals surface area contributed by atoms with Crippen LogP contribution in [-0.4, -0.2) is 36.5 Å². The molecule has 2 unspecified atom stereocenters. The van der Waals surface area contributed by atoms with Gasteiger partial charge >= 0.3 is 0 Å². The first-order valence-electron chi connectivity index (χ1n) is 8.61. The molecule has 1 saturated carbocycles. The smallest absolute Gasteiger partial charge is 0.222 e. The third-order valence-electron chi connectivity index (χ3n) is 4.68. The highest BCUT2D eigenvalue weighted by Crippen LogP contribution is 2.37. The summed E-state index contributed by atoms with van der Waals surface area (Å²) in [5, 5.41) is 3.27. The Balaban J connectivity index is 1.86. The van der Waals surface area contributed by atoms with Crippen LogP contribution >= 0.6 is 0 Å². The van der Waals surface area contributed by atoms with E-state index < -0.39 is 0 Å². The third kappa shape index (κ3) is 5.08. The lowest BCUT2D eigenvalue weighted by Crippen LogP contribution is -2.51. The number of nitrogens with one attached hydrogen (secondary N) is 1. The number of nitrogens with zero attached hydrogens (tertiary/aromatic N) is 1. The van der Waals surface area contributed by atoms with Gasteiger partial charge in [0.25, 0.3) is 0 Å². The molecule has 0 spiro atoms. The molecule has 0 bridgehead atoms. The summed E-state index contributed by atoms with van der Waals surface area (Å²) in [6, 6.07) is 0.374. The molecule has 1 saturated heterocycles. The third-order valence-corrected chi connectivity index (χ3v) is 4.68. The molecule has 116 valence electrons. The Morgan fingerprint density at radius 3 is 2.60 bits per heavy atom. The zero-order valence-electron chi connectivity index (χ0n) is 13.5. The zero-order valence-corrected chi connectivity index (χ0v) is 13.5. The zero-order chi connectivity index (χ0) is 14.5. The molecule has 1 amide bonds. The van der Waals surface area contributed by atoms with Gasteiger partial charge in [0.15, 0.2) is 0 Å². The van der Waals surface area contributed by atoms with E-state index in [2.05, 4.69) is 17.1 Å². The van der Waals surface area contributed by atoms with Crippen molar-refractivity contribution >= 4 is 5.91 Å². The lowest BCUT2D eigenvalue weighted by Gasteiger charge is -2.38. The van der Waals surface area contributed by atoms with Crippen LogP contribution in [0.15, 0.2) is 0 Å². The van der Waals surface area contributed by atoms with Crippen molar-refractivity contribution in [1.29, 1.82) is 0 Å². The molecular formula is C17H32N2O. The maximum absolute atomic E-state index is 11.9. The number of carbonyl (C=O) groups excluding carboxylic acids is 1. The summed E-state index contributed by atoms with van der Waals surface area (Å²) >= 11 is 0. The second-order valence-corrected chi connectivity index (χ2v) is 7.25. The number of hydrogen-bond acceptors (Lipinski definition) is 2. The normalized spacial score (nSPS) is 27.8. The van der Waals surface area contributed by atoms with Crippen LogP contribution in [0, 0.1) is 17.8 Å². The van der Waals surface area contributed by atoms with Gasteiger partial charge in [-0.2, -0.15) is 0 Å². The van der Waals surface area contributed by atoms with Crippen molar-refractivity contribution in [2.45, 2.75) is 65.3 Å². The van der Waals surface area contributed by atoms with Crippen molar-refractivity contribution in [1.82, 2.24) is 10.2 Å². The van der Waals surface area contributed by atoms with Crippen LogP contribution in [0.2, 0.25) is 0 Å². The summed E-state index contributed by atoms with van der Waals surface area (Å²) in [4.78, 5) is 14.5. The number of likely N-dealkylation sites (tertiary alicyclic amines) is 1. The van der Waals surface area contributed by atoms with Crippen LogP contribution in [0.25, 0.3) is 0 Å². The van der Waals surface area contributed by atoms with Crippen molar-refractivity contribution in [3.63, 3.8) is 0 Å². The summed E-state index contributed by atoms with van der Waals surface area (Å²) < 4.78 is 0. The largest absolute Gasteiger partial charge is 0.352 e. The van der Waals surface area contributed by atoms with E-state index in [1.54, 1.807) is 0 Å². The maximum Gasteiger partial charge on any atom is 0.222 e. The van der Waals surface area contributed by atoms with Crippen LogP contribution < -0.4 is 5.32 Å². The molecule has 1 heterocycles. The Bertz CT molecular complexity index is 312. The van der Waals surface area contributed by atoms with E-state index in [0.29, 0.717) is 6.04 Å². The van der Waals surface area contributed by atoms with Gasteiger partial charge in [-0.1, -0.05) is 40.0 Å². The molecule has 1 aliphatic carbocycles. The van der Waals surface area contributed by atoms with Gasteiger partial charge in [0.05, 0.1) is 0 Å². The van der Waals surface area contributed by atoms with E-state index in [1.807, 2.05) is 13.8 Å². The van der Waals surface area contributed by atoms with E-state index in [9.17, 15) is 4.79 Å². The minimum atomic E-state index is 0.0999. The molecule has 0 aromatic rings. The van der Waals surface area contributed by atoms with Crippen LogP contribution in [0.5, 0.6) is 0 Å². The molecule has 2 fully saturated rings. The minimum Gasteiger partial charge on any atom is -0.352 e. The first-order valence-corrected chi connectivity index (χ1v) is 8.61. The number of rotatable bonds is 7. The Labute approximate surface area is 124 Å².